The minimum absolute atomic E-state index is 0.266. The third-order valence-corrected chi connectivity index (χ3v) is 2.82. The van der Waals surface area contributed by atoms with E-state index in [1.165, 1.54) is 12.1 Å². The molecule has 1 amide bonds. The fourth-order valence-corrected chi connectivity index (χ4v) is 1.79. The van der Waals surface area contributed by atoms with Crippen molar-refractivity contribution in [3.63, 3.8) is 0 Å². The van der Waals surface area contributed by atoms with Gasteiger partial charge in [-0.25, -0.2) is 4.39 Å². The Bertz CT molecular complexity index is 439. The summed E-state index contributed by atoms with van der Waals surface area (Å²) in [6.45, 7) is -0.424. The first-order chi connectivity index (χ1) is 8.52. The van der Waals surface area contributed by atoms with Gasteiger partial charge in [-0.3, -0.25) is 9.59 Å². The molecule has 98 valence electrons. The van der Waals surface area contributed by atoms with Gasteiger partial charge in [0.05, 0.1) is 5.92 Å². The summed E-state index contributed by atoms with van der Waals surface area (Å²) in [5, 5.41) is 10.7. The maximum absolute atomic E-state index is 13.0. The first-order valence-electron chi connectivity index (χ1n) is 5.37. The number of halogens is 1. The molecular formula is C12H14FNO3S. The molecule has 0 saturated heterocycles. The second-order valence-electron chi connectivity index (χ2n) is 3.83. The van der Waals surface area contributed by atoms with Crippen molar-refractivity contribution in [1.82, 2.24) is 5.32 Å². The molecule has 0 fully saturated rings. The number of benzene rings is 1. The van der Waals surface area contributed by atoms with E-state index in [2.05, 4.69) is 17.9 Å². The fraction of sp³-hybridized carbons (Fsp3) is 0.333. The van der Waals surface area contributed by atoms with Crippen LogP contribution in [0.25, 0.3) is 0 Å². The third kappa shape index (κ3) is 4.75. The summed E-state index contributed by atoms with van der Waals surface area (Å²) in [5.74, 6) is -2.07. The average Bonchev–Trinajstić information content (AvgIpc) is 2.33. The number of thiol groups is 1. The molecule has 18 heavy (non-hydrogen) atoms. The highest BCUT2D eigenvalue weighted by Gasteiger charge is 2.18. The molecule has 0 bridgehead atoms. The first kappa shape index (κ1) is 14.5. The third-order valence-electron chi connectivity index (χ3n) is 2.38. The van der Waals surface area contributed by atoms with E-state index in [9.17, 15) is 14.0 Å². The number of carboxylic acid groups (broad SMARTS) is 1. The molecule has 1 rings (SSSR count). The fourth-order valence-electron chi connectivity index (χ4n) is 1.50. The van der Waals surface area contributed by atoms with Crippen molar-refractivity contribution in [3.05, 3.63) is 35.6 Å². The van der Waals surface area contributed by atoms with Crippen LogP contribution in [-0.4, -0.2) is 29.3 Å². The minimum atomic E-state index is -1.10. The van der Waals surface area contributed by atoms with Crippen molar-refractivity contribution in [2.24, 2.45) is 5.92 Å². The first-order valence-corrected chi connectivity index (χ1v) is 6.01. The molecule has 0 aliphatic heterocycles. The van der Waals surface area contributed by atoms with Crippen molar-refractivity contribution in [3.8, 4) is 0 Å². The van der Waals surface area contributed by atoms with Gasteiger partial charge in [0.1, 0.15) is 12.4 Å². The monoisotopic (exact) mass is 271 g/mol. The lowest BCUT2D eigenvalue weighted by molar-refractivity contribution is -0.138. The van der Waals surface area contributed by atoms with Crippen LogP contribution in [0.2, 0.25) is 0 Å². The van der Waals surface area contributed by atoms with Crippen LogP contribution in [0.1, 0.15) is 5.56 Å². The van der Waals surface area contributed by atoms with Gasteiger partial charge in [-0.2, -0.15) is 12.6 Å². The molecule has 2 N–H and O–H groups in total. The van der Waals surface area contributed by atoms with E-state index in [0.717, 1.165) is 0 Å². The van der Waals surface area contributed by atoms with E-state index >= 15 is 0 Å². The number of carboxylic acids is 1. The van der Waals surface area contributed by atoms with Gasteiger partial charge in [0.15, 0.2) is 0 Å². The molecule has 1 aromatic rings. The van der Waals surface area contributed by atoms with Gasteiger partial charge in [0.2, 0.25) is 5.91 Å². The molecule has 0 radical (unpaired) electrons. The summed E-state index contributed by atoms with van der Waals surface area (Å²) in [7, 11) is 0. The summed E-state index contributed by atoms with van der Waals surface area (Å²) in [6.07, 6.45) is 0.326. The van der Waals surface area contributed by atoms with Gasteiger partial charge in [-0.05, 0) is 24.1 Å². The molecule has 1 atom stereocenters. The molecule has 0 aromatic heterocycles. The van der Waals surface area contributed by atoms with Crippen molar-refractivity contribution in [2.45, 2.75) is 6.42 Å². The highest BCUT2D eigenvalue weighted by Crippen LogP contribution is 2.12. The van der Waals surface area contributed by atoms with E-state index in [1.807, 2.05) is 0 Å². The number of aliphatic carboxylic acids is 1. The smallest absolute Gasteiger partial charge is 0.322 e. The van der Waals surface area contributed by atoms with E-state index in [1.54, 1.807) is 12.1 Å². The normalized spacial score (nSPS) is 11.9. The molecule has 0 heterocycles. The zero-order valence-electron chi connectivity index (χ0n) is 9.60. The molecular weight excluding hydrogens is 257 g/mol. The van der Waals surface area contributed by atoms with Gasteiger partial charge in [-0.1, -0.05) is 12.1 Å². The van der Waals surface area contributed by atoms with E-state index < -0.39 is 24.3 Å². The van der Waals surface area contributed by atoms with Gasteiger partial charge in [-0.15, -0.1) is 0 Å². The molecule has 0 aliphatic rings. The number of carbonyl (C=O) groups excluding carboxylic acids is 1. The maximum atomic E-state index is 13.0. The zero-order chi connectivity index (χ0) is 13.5. The Morgan fingerprint density at radius 2 is 2.17 bits per heavy atom. The van der Waals surface area contributed by atoms with Crippen LogP contribution in [0.4, 0.5) is 4.39 Å². The second-order valence-corrected chi connectivity index (χ2v) is 4.19. The van der Waals surface area contributed by atoms with Crippen LogP contribution >= 0.6 is 12.6 Å². The van der Waals surface area contributed by atoms with E-state index in [4.69, 9.17) is 5.11 Å². The highest BCUT2D eigenvalue weighted by atomic mass is 32.1. The number of nitrogens with one attached hydrogen (secondary N) is 1. The summed E-state index contributed by atoms with van der Waals surface area (Å²) in [6, 6.07) is 5.95. The van der Waals surface area contributed by atoms with Crippen LogP contribution < -0.4 is 5.32 Å². The van der Waals surface area contributed by atoms with Crippen LogP contribution in [-0.2, 0) is 16.0 Å². The van der Waals surface area contributed by atoms with Gasteiger partial charge in [0.25, 0.3) is 0 Å². The lowest BCUT2D eigenvalue weighted by atomic mass is 10.00. The van der Waals surface area contributed by atoms with Crippen LogP contribution in [0.3, 0.4) is 0 Å². The SMILES string of the molecule is O=C(O)CNC(=O)[C@H](CS)Cc1cccc(F)c1. The Morgan fingerprint density at radius 1 is 1.44 bits per heavy atom. The quantitative estimate of drug-likeness (QED) is 0.679. The lowest BCUT2D eigenvalue weighted by Gasteiger charge is -2.13. The topological polar surface area (TPSA) is 66.4 Å². The Balaban J connectivity index is 2.61. The Hall–Kier alpha value is -1.56. The number of carbonyl (C=O) groups is 2. The van der Waals surface area contributed by atoms with Crippen molar-refractivity contribution in [2.75, 3.05) is 12.3 Å². The Morgan fingerprint density at radius 3 is 2.72 bits per heavy atom. The summed E-state index contributed by atoms with van der Waals surface area (Å²) in [5.41, 5.74) is 0.680. The predicted molar refractivity (Wildman–Crippen MR) is 68.1 cm³/mol. The van der Waals surface area contributed by atoms with E-state index in [-0.39, 0.29) is 11.6 Å². The van der Waals surface area contributed by atoms with Crippen LogP contribution in [0.15, 0.2) is 24.3 Å². The molecule has 0 spiro atoms. The summed E-state index contributed by atoms with van der Waals surface area (Å²) in [4.78, 5) is 22.0. The zero-order valence-corrected chi connectivity index (χ0v) is 10.5. The largest absolute Gasteiger partial charge is 0.480 e. The van der Waals surface area contributed by atoms with Crippen LogP contribution in [0.5, 0.6) is 0 Å². The molecule has 4 nitrogen and oxygen atoms in total. The van der Waals surface area contributed by atoms with Crippen molar-refractivity contribution < 1.29 is 19.1 Å². The Kier molecular flexibility index (Phi) is 5.64. The molecule has 0 aliphatic carbocycles. The standard InChI is InChI=1S/C12H14FNO3S/c13-10-3-1-2-8(5-10)4-9(7-18)12(17)14-6-11(15)16/h1-3,5,9,18H,4,6-7H2,(H,14,17)(H,15,16)/t9-/m0/s1. The van der Waals surface area contributed by atoms with Crippen molar-refractivity contribution in [1.29, 1.82) is 0 Å². The average molecular weight is 271 g/mol. The number of hydrogen-bond acceptors (Lipinski definition) is 3. The predicted octanol–water partition coefficient (Wildman–Crippen LogP) is 1.11. The number of hydrogen-bond donors (Lipinski definition) is 3. The Labute approximate surface area is 110 Å². The minimum Gasteiger partial charge on any atom is -0.480 e. The van der Waals surface area contributed by atoms with Crippen LogP contribution in [0, 0.1) is 11.7 Å². The lowest BCUT2D eigenvalue weighted by Crippen LogP contribution is -2.36. The second kappa shape index (κ2) is 7.00. The summed E-state index contributed by atoms with van der Waals surface area (Å²) >= 11 is 4.05. The van der Waals surface area contributed by atoms with Gasteiger partial charge in [0, 0.05) is 5.75 Å². The molecule has 0 saturated carbocycles. The number of rotatable bonds is 6. The highest BCUT2D eigenvalue weighted by molar-refractivity contribution is 7.80. The molecule has 0 unspecified atom stereocenters. The van der Waals surface area contributed by atoms with Gasteiger partial charge >= 0.3 is 5.97 Å². The van der Waals surface area contributed by atoms with E-state index in [0.29, 0.717) is 12.0 Å². The summed E-state index contributed by atoms with van der Waals surface area (Å²) < 4.78 is 13.0. The molecule has 1 aromatic carbocycles. The van der Waals surface area contributed by atoms with Crippen molar-refractivity contribution >= 4 is 24.5 Å². The number of amides is 1. The molecule has 6 heteroatoms. The maximum Gasteiger partial charge on any atom is 0.322 e. The van der Waals surface area contributed by atoms with Gasteiger partial charge < -0.3 is 10.4 Å².